The van der Waals surface area contributed by atoms with E-state index in [4.69, 9.17) is 4.99 Å². The van der Waals surface area contributed by atoms with Crippen LogP contribution >= 0.6 is 0 Å². The summed E-state index contributed by atoms with van der Waals surface area (Å²) in [5.74, 6) is 2.05. The van der Waals surface area contributed by atoms with Crippen molar-refractivity contribution in [3.63, 3.8) is 0 Å². The number of benzene rings is 1. The lowest BCUT2D eigenvalue weighted by Crippen LogP contribution is -2.53. The first-order valence-electron chi connectivity index (χ1n) is 10.9. The molecular weight excluding hydrogens is 362 g/mol. The Morgan fingerprint density at radius 2 is 1.90 bits per heavy atom. The van der Waals surface area contributed by atoms with E-state index in [9.17, 15) is 0 Å². The SMILES string of the molecule is CCc1nncn1CCN=C(NC(C)CC)N1CCN(Cc2ccccc2)CC1. The van der Waals surface area contributed by atoms with Gasteiger partial charge in [-0.2, -0.15) is 0 Å². The van der Waals surface area contributed by atoms with Crippen LogP contribution in [0.2, 0.25) is 0 Å². The van der Waals surface area contributed by atoms with Gasteiger partial charge in [0, 0.05) is 51.7 Å². The van der Waals surface area contributed by atoms with Crippen LogP contribution in [0.3, 0.4) is 0 Å². The van der Waals surface area contributed by atoms with Gasteiger partial charge in [0.1, 0.15) is 12.2 Å². The van der Waals surface area contributed by atoms with E-state index in [1.54, 1.807) is 6.33 Å². The van der Waals surface area contributed by atoms with Crippen LogP contribution in [0.5, 0.6) is 0 Å². The van der Waals surface area contributed by atoms with Crippen molar-refractivity contribution < 1.29 is 0 Å². The summed E-state index contributed by atoms with van der Waals surface area (Å²) < 4.78 is 2.10. The van der Waals surface area contributed by atoms with E-state index in [-0.39, 0.29) is 0 Å². The number of aryl methyl sites for hydroxylation is 1. The molecule has 7 heteroatoms. The fraction of sp³-hybridized carbons (Fsp3) is 0.591. The predicted molar refractivity (Wildman–Crippen MR) is 118 cm³/mol. The molecule has 1 aromatic heterocycles. The summed E-state index contributed by atoms with van der Waals surface area (Å²) in [4.78, 5) is 9.86. The van der Waals surface area contributed by atoms with Gasteiger partial charge in [-0.1, -0.05) is 44.2 Å². The number of piperazine rings is 1. The van der Waals surface area contributed by atoms with Crippen molar-refractivity contribution in [2.24, 2.45) is 4.99 Å². The molecule has 1 saturated heterocycles. The molecule has 3 rings (SSSR count). The highest BCUT2D eigenvalue weighted by atomic mass is 15.4. The molecule has 158 valence electrons. The van der Waals surface area contributed by atoms with Crippen LogP contribution in [-0.2, 0) is 19.5 Å². The number of hydrogen-bond acceptors (Lipinski definition) is 4. The van der Waals surface area contributed by atoms with Crippen molar-refractivity contribution in [2.45, 2.75) is 52.7 Å². The zero-order chi connectivity index (χ0) is 20.5. The Hall–Kier alpha value is -2.41. The van der Waals surface area contributed by atoms with E-state index in [1.807, 2.05) is 0 Å². The normalized spacial score (nSPS) is 16.8. The largest absolute Gasteiger partial charge is 0.354 e. The lowest BCUT2D eigenvalue weighted by molar-refractivity contribution is 0.171. The third kappa shape index (κ3) is 6.29. The average molecular weight is 398 g/mol. The fourth-order valence-electron chi connectivity index (χ4n) is 3.52. The number of aromatic nitrogens is 3. The van der Waals surface area contributed by atoms with Crippen LogP contribution in [0, 0.1) is 0 Å². The second kappa shape index (κ2) is 11.0. The van der Waals surface area contributed by atoms with Crippen LogP contribution in [0.25, 0.3) is 0 Å². The van der Waals surface area contributed by atoms with Crippen molar-refractivity contribution in [2.75, 3.05) is 32.7 Å². The molecule has 2 heterocycles. The first-order valence-corrected chi connectivity index (χ1v) is 10.9. The van der Waals surface area contributed by atoms with Crippen molar-refractivity contribution in [1.29, 1.82) is 0 Å². The maximum atomic E-state index is 4.93. The number of aliphatic imine (C=N–C) groups is 1. The molecule has 1 aromatic carbocycles. The fourth-order valence-corrected chi connectivity index (χ4v) is 3.52. The minimum Gasteiger partial charge on any atom is -0.354 e. The number of nitrogens with zero attached hydrogens (tertiary/aromatic N) is 6. The van der Waals surface area contributed by atoms with Crippen molar-refractivity contribution in [3.05, 3.63) is 48.0 Å². The molecule has 1 fully saturated rings. The van der Waals surface area contributed by atoms with Gasteiger partial charge in [-0.15, -0.1) is 10.2 Å². The maximum Gasteiger partial charge on any atom is 0.194 e. The van der Waals surface area contributed by atoms with E-state index < -0.39 is 0 Å². The van der Waals surface area contributed by atoms with E-state index in [0.29, 0.717) is 6.04 Å². The Balaban J connectivity index is 1.56. The number of rotatable bonds is 8. The number of hydrogen-bond donors (Lipinski definition) is 1. The number of guanidine groups is 1. The van der Waals surface area contributed by atoms with Crippen LogP contribution in [0.4, 0.5) is 0 Å². The van der Waals surface area contributed by atoms with Gasteiger partial charge in [-0.05, 0) is 18.9 Å². The lowest BCUT2D eigenvalue weighted by atomic mass is 10.2. The molecule has 0 aliphatic carbocycles. The Morgan fingerprint density at radius 3 is 2.59 bits per heavy atom. The Labute approximate surface area is 174 Å². The summed E-state index contributed by atoms with van der Waals surface area (Å²) in [6.45, 7) is 13.2. The molecule has 7 nitrogen and oxygen atoms in total. The number of nitrogens with one attached hydrogen (secondary N) is 1. The van der Waals surface area contributed by atoms with E-state index >= 15 is 0 Å². The molecule has 1 aliphatic heterocycles. The Bertz CT molecular complexity index is 748. The highest BCUT2D eigenvalue weighted by molar-refractivity contribution is 5.80. The van der Waals surface area contributed by atoms with Crippen molar-refractivity contribution in [3.8, 4) is 0 Å². The van der Waals surface area contributed by atoms with Gasteiger partial charge in [0.15, 0.2) is 5.96 Å². The highest BCUT2D eigenvalue weighted by Crippen LogP contribution is 2.09. The second-order valence-corrected chi connectivity index (χ2v) is 7.70. The molecular formula is C22H35N7. The van der Waals surface area contributed by atoms with Crippen LogP contribution < -0.4 is 5.32 Å². The minimum absolute atomic E-state index is 0.414. The third-order valence-corrected chi connectivity index (χ3v) is 5.52. The van der Waals surface area contributed by atoms with E-state index in [0.717, 1.165) is 70.4 Å². The summed E-state index contributed by atoms with van der Waals surface area (Å²) in [6.07, 6.45) is 3.78. The summed E-state index contributed by atoms with van der Waals surface area (Å²) in [5, 5.41) is 11.8. The summed E-state index contributed by atoms with van der Waals surface area (Å²) >= 11 is 0. The lowest BCUT2D eigenvalue weighted by Gasteiger charge is -2.37. The second-order valence-electron chi connectivity index (χ2n) is 7.70. The monoisotopic (exact) mass is 397 g/mol. The van der Waals surface area contributed by atoms with Crippen LogP contribution in [0.15, 0.2) is 41.7 Å². The topological polar surface area (TPSA) is 61.6 Å². The smallest absolute Gasteiger partial charge is 0.194 e. The first kappa shape index (κ1) is 21.3. The molecule has 0 spiro atoms. The van der Waals surface area contributed by atoms with Gasteiger partial charge in [0.25, 0.3) is 0 Å². The van der Waals surface area contributed by atoms with Crippen LogP contribution in [0.1, 0.15) is 38.6 Å². The molecule has 29 heavy (non-hydrogen) atoms. The molecule has 1 atom stereocenters. The molecule has 2 aromatic rings. The third-order valence-electron chi connectivity index (χ3n) is 5.52. The quantitative estimate of drug-likeness (QED) is 0.547. The van der Waals surface area contributed by atoms with Gasteiger partial charge in [-0.3, -0.25) is 9.89 Å². The minimum atomic E-state index is 0.414. The first-order chi connectivity index (χ1) is 14.2. The maximum absolute atomic E-state index is 4.93. The molecule has 1 N–H and O–H groups in total. The summed E-state index contributed by atoms with van der Waals surface area (Å²) in [5.41, 5.74) is 1.38. The Morgan fingerprint density at radius 1 is 1.14 bits per heavy atom. The molecule has 0 bridgehead atoms. The van der Waals surface area contributed by atoms with Gasteiger partial charge in [0.05, 0.1) is 6.54 Å². The van der Waals surface area contributed by atoms with E-state index in [1.165, 1.54) is 5.56 Å². The van der Waals surface area contributed by atoms with Gasteiger partial charge in [-0.25, -0.2) is 0 Å². The average Bonchev–Trinajstić information content (AvgIpc) is 3.22. The highest BCUT2D eigenvalue weighted by Gasteiger charge is 2.20. The van der Waals surface area contributed by atoms with Crippen molar-refractivity contribution >= 4 is 5.96 Å². The molecule has 1 aliphatic rings. The molecule has 0 radical (unpaired) electrons. The Kier molecular flexibility index (Phi) is 8.04. The predicted octanol–water partition coefficient (Wildman–Crippen LogP) is 2.40. The zero-order valence-corrected chi connectivity index (χ0v) is 18.1. The van der Waals surface area contributed by atoms with Gasteiger partial charge >= 0.3 is 0 Å². The van der Waals surface area contributed by atoms with Gasteiger partial charge in [0.2, 0.25) is 0 Å². The van der Waals surface area contributed by atoms with Crippen LogP contribution in [-0.4, -0.2) is 69.3 Å². The van der Waals surface area contributed by atoms with E-state index in [2.05, 4.69) is 81.0 Å². The zero-order valence-electron chi connectivity index (χ0n) is 18.1. The van der Waals surface area contributed by atoms with Crippen molar-refractivity contribution in [1.82, 2.24) is 29.9 Å². The van der Waals surface area contributed by atoms with Gasteiger partial charge < -0.3 is 14.8 Å². The molecule has 0 amide bonds. The molecule has 1 unspecified atom stereocenters. The summed E-state index contributed by atoms with van der Waals surface area (Å²) in [6, 6.07) is 11.1. The molecule has 0 saturated carbocycles. The summed E-state index contributed by atoms with van der Waals surface area (Å²) in [7, 11) is 0. The standard InChI is InChI=1S/C22H35N7/c1-4-19(3)25-22(23-11-12-29-18-24-26-21(29)5-2)28-15-13-27(14-16-28)17-20-9-7-6-8-10-20/h6-10,18-19H,4-5,11-17H2,1-3H3,(H,23,25).